The molecule has 4 heteroatoms. The van der Waals surface area contributed by atoms with Crippen LogP contribution in [0.4, 0.5) is 0 Å². The number of hydrogen-bond donors (Lipinski definition) is 1. The summed E-state index contributed by atoms with van der Waals surface area (Å²) in [6.07, 6.45) is 0.830. The first-order valence-electron chi connectivity index (χ1n) is 4.46. The van der Waals surface area contributed by atoms with Gasteiger partial charge in [0.1, 0.15) is 11.3 Å². The summed E-state index contributed by atoms with van der Waals surface area (Å²) in [4.78, 5) is 4.29. The van der Waals surface area contributed by atoms with Gasteiger partial charge in [-0.2, -0.15) is 0 Å². The molecule has 2 N–H and O–H groups in total. The number of nitrogens with zero attached hydrogens (tertiary/aromatic N) is 1. The van der Waals surface area contributed by atoms with Crippen LogP contribution in [0.1, 0.15) is 5.56 Å². The van der Waals surface area contributed by atoms with Crippen molar-refractivity contribution in [2.24, 2.45) is 5.73 Å². The van der Waals surface area contributed by atoms with E-state index in [1.54, 1.807) is 18.4 Å². The number of benzene rings is 1. The molecule has 1 aromatic carbocycles. The van der Waals surface area contributed by atoms with Crippen molar-refractivity contribution in [1.82, 2.24) is 4.98 Å². The van der Waals surface area contributed by atoms with Gasteiger partial charge in [0.05, 0.1) is 17.3 Å². The summed E-state index contributed by atoms with van der Waals surface area (Å²) in [5.41, 5.74) is 9.44. The molecule has 0 atom stereocenters. The molecule has 0 radical (unpaired) electrons. The van der Waals surface area contributed by atoms with E-state index in [1.165, 1.54) is 0 Å². The first-order valence-corrected chi connectivity index (χ1v) is 5.34. The first kappa shape index (κ1) is 9.43. The summed E-state index contributed by atoms with van der Waals surface area (Å²) < 4.78 is 6.51. The van der Waals surface area contributed by atoms with Crippen molar-refractivity contribution in [3.8, 4) is 5.75 Å². The van der Waals surface area contributed by atoms with Gasteiger partial charge in [0.15, 0.2) is 0 Å². The van der Waals surface area contributed by atoms with Crippen LogP contribution in [0.2, 0.25) is 0 Å². The lowest BCUT2D eigenvalue weighted by Gasteiger charge is -2.07. The van der Waals surface area contributed by atoms with Crippen LogP contribution in [0.5, 0.6) is 5.75 Å². The van der Waals surface area contributed by atoms with E-state index in [0.29, 0.717) is 6.54 Å². The highest BCUT2D eigenvalue weighted by molar-refractivity contribution is 7.16. The normalized spacial score (nSPS) is 10.7. The summed E-state index contributed by atoms with van der Waals surface area (Å²) in [5.74, 6) is 0.870. The molecule has 0 saturated heterocycles. The summed E-state index contributed by atoms with van der Waals surface area (Å²) >= 11 is 1.62. The number of hydrogen-bond acceptors (Lipinski definition) is 4. The Bertz CT molecular complexity index is 439. The van der Waals surface area contributed by atoms with E-state index in [1.807, 2.05) is 5.51 Å². The molecule has 3 nitrogen and oxygen atoms in total. The Labute approximate surface area is 86.5 Å². The van der Waals surface area contributed by atoms with E-state index in [2.05, 4.69) is 17.1 Å². The smallest absolute Gasteiger partial charge is 0.149 e. The van der Waals surface area contributed by atoms with Crippen molar-refractivity contribution in [2.75, 3.05) is 13.7 Å². The molecule has 0 spiro atoms. The van der Waals surface area contributed by atoms with Crippen LogP contribution in [0.25, 0.3) is 10.2 Å². The minimum absolute atomic E-state index is 0.631. The van der Waals surface area contributed by atoms with E-state index >= 15 is 0 Å². The quantitative estimate of drug-likeness (QED) is 0.836. The highest BCUT2D eigenvalue weighted by atomic mass is 32.1. The maximum atomic E-state index is 5.53. The third-order valence-corrected chi connectivity index (χ3v) is 2.95. The highest BCUT2D eigenvalue weighted by Gasteiger charge is 2.09. The number of ether oxygens (including phenoxy) is 1. The van der Waals surface area contributed by atoms with Crippen LogP contribution in [-0.4, -0.2) is 18.6 Å². The predicted octanol–water partition coefficient (Wildman–Crippen LogP) is 1.81. The number of rotatable bonds is 3. The Morgan fingerprint density at radius 1 is 1.50 bits per heavy atom. The van der Waals surface area contributed by atoms with Crippen LogP contribution in [0, 0.1) is 0 Å². The van der Waals surface area contributed by atoms with Gasteiger partial charge in [-0.3, -0.25) is 0 Å². The zero-order valence-corrected chi connectivity index (χ0v) is 8.80. The monoisotopic (exact) mass is 208 g/mol. The standard InChI is InChI=1S/C10H12N2OS/c1-13-10-7(4-5-11)2-3-8-9(10)12-6-14-8/h2-3,6H,4-5,11H2,1H3. The van der Waals surface area contributed by atoms with Crippen molar-refractivity contribution < 1.29 is 4.74 Å². The van der Waals surface area contributed by atoms with Crippen LogP contribution in [0.3, 0.4) is 0 Å². The van der Waals surface area contributed by atoms with Crippen molar-refractivity contribution in [2.45, 2.75) is 6.42 Å². The van der Waals surface area contributed by atoms with Gasteiger partial charge in [0.2, 0.25) is 0 Å². The SMILES string of the molecule is COc1c(CCN)ccc2scnc12. The summed E-state index contributed by atoms with van der Waals surface area (Å²) in [6, 6.07) is 4.13. The van der Waals surface area contributed by atoms with Crippen molar-refractivity contribution in [3.63, 3.8) is 0 Å². The second-order valence-electron chi connectivity index (χ2n) is 3.00. The van der Waals surface area contributed by atoms with Crippen LogP contribution in [0.15, 0.2) is 17.6 Å². The third-order valence-electron chi connectivity index (χ3n) is 2.16. The molecule has 1 aromatic heterocycles. The highest BCUT2D eigenvalue weighted by Crippen LogP contribution is 2.30. The topological polar surface area (TPSA) is 48.1 Å². The largest absolute Gasteiger partial charge is 0.494 e. The fourth-order valence-corrected chi connectivity index (χ4v) is 2.20. The minimum atomic E-state index is 0.631. The van der Waals surface area contributed by atoms with Crippen LogP contribution < -0.4 is 10.5 Å². The van der Waals surface area contributed by atoms with Crippen molar-refractivity contribution >= 4 is 21.6 Å². The average Bonchev–Trinajstić information content (AvgIpc) is 2.66. The molecule has 0 aliphatic heterocycles. The Hall–Kier alpha value is -1.13. The molecule has 14 heavy (non-hydrogen) atoms. The number of thiazole rings is 1. The number of nitrogens with two attached hydrogens (primary N) is 1. The van der Waals surface area contributed by atoms with Crippen molar-refractivity contribution in [1.29, 1.82) is 0 Å². The fraction of sp³-hybridized carbons (Fsp3) is 0.300. The number of fused-ring (bicyclic) bond motifs is 1. The van der Waals surface area contributed by atoms with Gasteiger partial charge in [-0.1, -0.05) is 6.07 Å². The third kappa shape index (κ3) is 1.47. The lowest BCUT2D eigenvalue weighted by molar-refractivity contribution is 0.414. The van der Waals surface area contributed by atoms with Gasteiger partial charge in [-0.05, 0) is 24.6 Å². The van der Waals surface area contributed by atoms with Gasteiger partial charge in [-0.15, -0.1) is 11.3 Å². The van der Waals surface area contributed by atoms with E-state index in [4.69, 9.17) is 10.5 Å². The molecule has 0 unspecified atom stereocenters. The van der Waals surface area contributed by atoms with E-state index in [9.17, 15) is 0 Å². The maximum Gasteiger partial charge on any atom is 0.149 e. The Morgan fingerprint density at radius 2 is 2.36 bits per heavy atom. The molecule has 0 aliphatic rings. The molecular formula is C10H12N2OS. The maximum absolute atomic E-state index is 5.53. The lowest BCUT2D eigenvalue weighted by atomic mass is 10.1. The first-order chi connectivity index (χ1) is 6.86. The number of methoxy groups -OCH3 is 1. The zero-order chi connectivity index (χ0) is 9.97. The molecular weight excluding hydrogens is 196 g/mol. The summed E-state index contributed by atoms with van der Waals surface area (Å²) in [6.45, 7) is 0.631. The molecule has 1 heterocycles. The molecule has 74 valence electrons. The zero-order valence-electron chi connectivity index (χ0n) is 7.99. The minimum Gasteiger partial charge on any atom is -0.494 e. The van der Waals surface area contributed by atoms with Crippen molar-refractivity contribution in [3.05, 3.63) is 23.2 Å². The Morgan fingerprint density at radius 3 is 3.07 bits per heavy atom. The molecule has 0 saturated carbocycles. The molecule has 0 fully saturated rings. The average molecular weight is 208 g/mol. The fourth-order valence-electron chi connectivity index (χ4n) is 1.53. The molecule has 0 aliphatic carbocycles. The van der Waals surface area contributed by atoms with Gasteiger partial charge >= 0.3 is 0 Å². The Balaban J connectivity index is 2.60. The molecule has 0 amide bonds. The summed E-state index contributed by atoms with van der Waals surface area (Å²) in [7, 11) is 1.67. The van der Waals surface area contributed by atoms with E-state index < -0.39 is 0 Å². The van der Waals surface area contributed by atoms with E-state index in [0.717, 1.165) is 28.0 Å². The molecule has 2 rings (SSSR count). The Kier molecular flexibility index (Phi) is 2.65. The van der Waals surface area contributed by atoms with Crippen LogP contribution in [-0.2, 0) is 6.42 Å². The van der Waals surface area contributed by atoms with Crippen LogP contribution >= 0.6 is 11.3 Å². The van der Waals surface area contributed by atoms with E-state index in [-0.39, 0.29) is 0 Å². The number of aromatic nitrogens is 1. The molecule has 0 bridgehead atoms. The molecule has 2 aromatic rings. The van der Waals surface area contributed by atoms with Gasteiger partial charge in [0.25, 0.3) is 0 Å². The lowest BCUT2D eigenvalue weighted by Crippen LogP contribution is -2.04. The second kappa shape index (κ2) is 3.94. The van der Waals surface area contributed by atoms with Gasteiger partial charge < -0.3 is 10.5 Å². The predicted molar refractivity (Wildman–Crippen MR) is 58.9 cm³/mol. The second-order valence-corrected chi connectivity index (χ2v) is 3.88. The van der Waals surface area contributed by atoms with Gasteiger partial charge in [0, 0.05) is 0 Å². The summed E-state index contributed by atoms with van der Waals surface area (Å²) in [5, 5.41) is 0. The van der Waals surface area contributed by atoms with Gasteiger partial charge in [-0.25, -0.2) is 4.98 Å².